The van der Waals surface area contributed by atoms with Crippen LogP contribution < -0.4 is 10.6 Å². The Labute approximate surface area is 108 Å². The van der Waals surface area contributed by atoms with Crippen LogP contribution in [0.5, 0.6) is 0 Å². The molecular formula is C13H19N3S. The van der Waals surface area contributed by atoms with Crippen LogP contribution >= 0.6 is 12.2 Å². The minimum absolute atomic E-state index is 0.891. The summed E-state index contributed by atoms with van der Waals surface area (Å²) in [5.74, 6) is 0. The summed E-state index contributed by atoms with van der Waals surface area (Å²) in [6.45, 7) is 4.99. The number of nitrogens with one attached hydrogen (secondary N) is 2. The highest BCUT2D eigenvalue weighted by molar-refractivity contribution is 7.80. The maximum atomic E-state index is 5.38. The lowest BCUT2D eigenvalue weighted by Gasteiger charge is -2.29. The summed E-state index contributed by atoms with van der Waals surface area (Å²) in [6.07, 6.45) is 1.02. The lowest BCUT2D eigenvalue weighted by atomic mass is 10.1. The molecule has 0 amide bonds. The summed E-state index contributed by atoms with van der Waals surface area (Å²) < 4.78 is 0. The Morgan fingerprint density at radius 3 is 2.65 bits per heavy atom. The van der Waals surface area contributed by atoms with Crippen LogP contribution in [0.4, 0.5) is 0 Å². The lowest BCUT2D eigenvalue weighted by molar-refractivity contribution is 0.353. The Morgan fingerprint density at radius 1 is 1.24 bits per heavy atom. The molecule has 4 heteroatoms. The van der Waals surface area contributed by atoms with E-state index in [2.05, 4.69) is 39.8 Å². The quantitative estimate of drug-likeness (QED) is 0.782. The molecule has 0 bridgehead atoms. The highest BCUT2D eigenvalue weighted by Crippen LogP contribution is 1.99. The molecule has 1 aromatic carbocycles. The predicted molar refractivity (Wildman–Crippen MR) is 75.2 cm³/mol. The fourth-order valence-corrected chi connectivity index (χ4v) is 2.22. The van der Waals surface area contributed by atoms with Crippen molar-refractivity contribution in [3.05, 3.63) is 35.9 Å². The van der Waals surface area contributed by atoms with Crippen molar-refractivity contribution in [1.29, 1.82) is 0 Å². The van der Waals surface area contributed by atoms with Gasteiger partial charge in [-0.15, -0.1) is 0 Å². The van der Waals surface area contributed by atoms with Gasteiger partial charge in [0.25, 0.3) is 0 Å². The average molecular weight is 249 g/mol. The minimum Gasteiger partial charge on any atom is -0.362 e. The van der Waals surface area contributed by atoms with E-state index in [4.69, 9.17) is 12.2 Å². The molecule has 1 fully saturated rings. The van der Waals surface area contributed by atoms with E-state index in [1.54, 1.807) is 0 Å². The van der Waals surface area contributed by atoms with Crippen LogP contribution in [-0.4, -0.2) is 42.7 Å². The van der Waals surface area contributed by atoms with Gasteiger partial charge in [0.15, 0.2) is 5.11 Å². The van der Waals surface area contributed by atoms with E-state index in [1.165, 1.54) is 5.56 Å². The fourth-order valence-electron chi connectivity index (χ4n) is 1.94. The summed E-state index contributed by atoms with van der Waals surface area (Å²) in [5, 5.41) is 7.54. The van der Waals surface area contributed by atoms with Gasteiger partial charge in [-0.1, -0.05) is 30.3 Å². The van der Waals surface area contributed by atoms with Gasteiger partial charge in [-0.2, -0.15) is 0 Å². The van der Waals surface area contributed by atoms with E-state index in [0.29, 0.717) is 0 Å². The Bertz CT molecular complexity index is 347. The van der Waals surface area contributed by atoms with E-state index < -0.39 is 0 Å². The maximum absolute atomic E-state index is 5.38. The molecule has 1 heterocycles. The van der Waals surface area contributed by atoms with Gasteiger partial charge >= 0.3 is 0 Å². The number of benzene rings is 1. The zero-order valence-corrected chi connectivity index (χ0v) is 10.8. The number of hydrogen-bond donors (Lipinski definition) is 2. The molecule has 1 aromatic rings. The van der Waals surface area contributed by atoms with Gasteiger partial charge in [-0.05, 0) is 24.2 Å². The van der Waals surface area contributed by atoms with Gasteiger partial charge in [0.05, 0.1) is 0 Å². The topological polar surface area (TPSA) is 27.3 Å². The van der Waals surface area contributed by atoms with Crippen molar-refractivity contribution in [3.63, 3.8) is 0 Å². The van der Waals surface area contributed by atoms with E-state index in [9.17, 15) is 0 Å². The Kier molecular flexibility index (Phi) is 4.76. The van der Waals surface area contributed by atoms with Crippen molar-refractivity contribution in [1.82, 2.24) is 15.5 Å². The molecule has 0 aliphatic carbocycles. The van der Waals surface area contributed by atoms with Gasteiger partial charge in [0.1, 0.15) is 0 Å². The molecule has 2 rings (SSSR count). The first-order valence-corrected chi connectivity index (χ1v) is 6.54. The average Bonchev–Trinajstić information content (AvgIpc) is 2.41. The van der Waals surface area contributed by atoms with Crippen molar-refractivity contribution in [2.45, 2.75) is 6.42 Å². The molecule has 0 spiro atoms. The van der Waals surface area contributed by atoms with Crippen LogP contribution in [0.3, 0.4) is 0 Å². The van der Waals surface area contributed by atoms with Gasteiger partial charge in [-0.3, -0.25) is 0 Å². The normalized spacial score (nSPS) is 15.6. The fraction of sp³-hybridized carbons (Fsp3) is 0.462. The monoisotopic (exact) mass is 249 g/mol. The first-order valence-electron chi connectivity index (χ1n) is 6.14. The summed E-state index contributed by atoms with van der Waals surface area (Å²) in [5.41, 5.74) is 1.35. The molecule has 92 valence electrons. The molecule has 3 nitrogen and oxygen atoms in total. The third kappa shape index (κ3) is 3.98. The van der Waals surface area contributed by atoms with Crippen LogP contribution in [0, 0.1) is 0 Å². The molecule has 1 aliphatic rings. The number of piperazine rings is 1. The van der Waals surface area contributed by atoms with Crippen LogP contribution in [0.2, 0.25) is 0 Å². The summed E-state index contributed by atoms with van der Waals surface area (Å²) in [6, 6.07) is 10.5. The van der Waals surface area contributed by atoms with E-state index in [-0.39, 0.29) is 0 Å². The highest BCUT2D eigenvalue weighted by Gasteiger charge is 2.11. The molecule has 17 heavy (non-hydrogen) atoms. The third-order valence-corrected chi connectivity index (χ3v) is 3.34. The SMILES string of the molecule is S=C(NCCc1ccccc1)N1CCNCC1. The molecule has 0 aromatic heterocycles. The first kappa shape index (κ1) is 12.3. The number of hydrogen-bond acceptors (Lipinski definition) is 2. The summed E-state index contributed by atoms with van der Waals surface area (Å²) in [7, 11) is 0. The van der Waals surface area contributed by atoms with Gasteiger partial charge in [-0.25, -0.2) is 0 Å². The second-order valence-corrected chi connectivity index (χ2v) is 4.59. The van der Waals surface area contributed by atoms with E-state index in [0.717, 1.165) is 44.3 Å². The molecular weight excluding hydrogens is 230 g/mol. The molecule has 0 radical (unpaired) electrons. The lowest BCUT2D eigenvalue weighted by Crippen LogP contribution is -2.50. The molecule has 0 saturated carbocycles. The third-order valence-electron chi connectivity index (χ3n) is 2.94. The number of thiocarbonyl (C=S) groups is 1. The van der Waals surface area contributed by atoms with Gasteiger partial charge < -0.3 is 15.5 Å². The molecule has 0 atom stereocenters. The molecule has 2 N–H and O–H groups in total. The van der Waals surface area contributed by atoms with E-state index in [1.807, 2.05) is 6.07 Å². The zero-order chi connectivity index (χ0) is 11.9. The maximum Gasteiger partial charge on any atom is 0.169 e. The van der Waals surface area contributed by atoms with Crippen molar-refractivity contribution < 1.29 is 0 Å². The van der Waals surface area contributed by atoms with Crippen molar-refractivity contribution in [2.75, 3.05) is 32.7 Å². The minimum atomic E-state index is 0.891. The second-order valence-electron chi connectivity index (χ2n) is 4.20. The number of nitrogens with zero attached hydrogens (tertiary/aromatic N) is 1. The first-order chi connectivity index (χ1) is 8.36. The van der Waals surface area contributed by atoms with Gasteiger partial charge in [0.2, 0.25) is 0 Å². The smallest absolute Gasteiger partial charge is 0.169 e. The molecule has 1 saturated heterocycles. The van der Waals surface area contributed by atoms with Gasteiger partial charge in [0, 0.05) is 32.7 Å². The van der Waals surface area contributed by atoms with Crippen LogP contribution in [-0.2, 0) is 6.42 Å². The molecule has 0 unspecified atom stereocenters. The largest absolute Gasteiger partial charge is 0.362 e. The van der Waals surface area contributed by atoms with E-state index >= 15 is 0 Å². The standard InChI is InChI=1S/C13H19N3S/c17-13(16-10-8-14-9-11-16)15-7-6-12-4-2-1-3-5-12/h1-5,14H,6-11H2,(H,15,17). The van der Waals surface area contributed by atoms with Crippen molar-refractivity contribution >= 4 is 17.3 Å². The van der Waals surface area contributed by atoms with Crippen LogP contribution in [0.15, 0.2) is 30.3 Å². The van der Waals surface area contributed by atoms with Crippen LogP contribution in [0.25, 0.3) is 0 Å². The summed E-state index contributed by atoms with van der Waals surface area (Å²) >= 11 is 5.38. The molecule has 1 aliphatic heterocycles. The van der Waals surface area contributed by atoms with Crippen molar-refractivity contribution in [2.24, 2.45) is 0 Å². The van der Waals surface area contributed by atoms with Crippen molar-refractivity contribution in [3.8, 4) is 0 Å². The Morgan fingerprint density at radius 2 is 1.94 bits per heavy atom. The highest BCUT2D eigenvalue weighted by atomic mass is 32.1. The Balaban J connectivity index is 1.69. The predicted octanol–water partition coefficient (Wildman–Crippen LogP) is 1.01. The van der Waals surface area contributed by atoms with Crippen LogP contribution in [0.1, 0.15) is 5.56 Å². The second kappa shape index (κ2) is 6.57. The zero-order valence-electron chi connectivity index (χ0n) is 9.98. The number of rotatable bonds is 3. The Hall–Kier alpha value is -1.13. The summed E-state index contributed by atoms with van der Waals surface area (Å²) in [4.78, 5) is 2.23.